The minimum absolute atomic E-state index is 0.0152. The summed E-state index contributed by atoms with van der Waals surface area (Å²) in [4.78, 5) is 26.4. The van der Waals surface area contributed by atoms with Crippen LogP contribution in [0, 0.1) is 34.5 Å². The van der Waals surface area contributed by atoms with E-state index in [1.807, 2.05) is 101 Å². The first-order valence-corrected chi connectivity index (χ1v) is 24.8. The molecule has 0 bridgehead atoms. The Hall–Kier alpha value is 0.357. The molecule has 1 N–H and O–H groups in total. The summed E-state index contributed by atoms with van der Waals surface area (Å²) in [7, 11) is -1.96. The Morgan fingerprint density at radius 1 is 0.702 bits per heavy atom. The van der Waals surface area contributed by atoms with Crippen LogP contribution in [0.5, 0.6) is 0 Å². The van der Waals surface area contributed by atoms with Gasteiger partial charge in [-0.25, -0.2) is 0 Å². The van der Waals surface area contributed by atoms with Crippen molar-refractivity contribution in [2.45, 2.75) is 142 Å². The van der Waals surface area contributed by atoms with Crippen LogP contribution in [0.2, 0.25) is 18.1 Å². The van der Waals surface area contributed by atoms with Gasteiger partial charge in [0.2, 0.25) is 0 Å². The van der Waals surface area contributed by atoms with Crippen molar-refractivity contribution < 1.29 is 19.1 Å². The van der Waals surface area contributed by atoms with Gasteiger partial charge in [0, 0.05) is 28.6 Å². The minimum atomic E-state index is -1.96. The van der Waals surface area contributed by atoms with Crippen LogP contribution in [0.4, 0.5) is 0 Å². The van der Waals surface area contributed by atoms with E-state index in [2.05, 4.69) is 73.7 Å². The fourth-order valence-corrected chi connectivity index (χ4v) is 14.0. The molecule has 4 nitrogen and oxygen atoms in total. The lowest BCUT2D eigenvalue weighted by molar-refractivity contribution is -0.134. The molecule has 0 spiro atoms. The second kappa shape index (κ2) is 19.8. The molecule has 2 aliphatic rings. The van der Waals surface area contributed by atoms with Crippen LogP contribution in [-0.4, -0.2) is 69.4 Å². The van der Waals surface area contributed by atoms with Crippen molar-refractivity contribution in [3.05, 3.63) is 24.3 Å². The summed E-state index contributed by atoms with van der Waals surface area (Å²) in [5.41, 5.74) is -0.717. The molecule has 2 heterocycles. The molecule has 0 aliphatic carbocycles. The fourth-order valence-electron chi connectivity index (χ4n) is 5.99. The molecule has 0 saturated carbocycles. The molecule has 0 unspecified atom stereocenters. The maximum atomic E-state index is 13.6. The van der Waals surface area contributed by atoms with Crippen molar-refractivity contribution in [2.24, 2.45) is 34.5 Å². The van der Waals surface area contributed by atoms with Gasteiger partial charge >= 0.3 is 0 Å². The average Bonchev–Trinajstić information content (AvgIpc) is 3.02. The van der Waals surface area contributed by atoms with Crippen LogP contribution in [0.1, 0.15) is 103 Å². The van der Waals surface area contributed by atoms with E-state index in [1.54, 1.807) is 0 Å². The summed E-state index contributed by atoms with van der Waals surface area (Å²) in [6.45, 7) is 31.8. The lowest BCUT2D eigenvalue weighted by Crippen LogP contribution is -2.50. The van der Waals surface area contributed by atoms with Crippen LogP contribution >= 0.6 is 47.0 Å². The fraction of sp³-hybridized carbons (Fsp3) is 0.842. The normalized spacial score (nSPS) is 21.9. The highest BCUT2D eigenvalue weighted by Crippen LogP contribution is 2.47. The highest BCUT2D eigenvalue weighted by molar-refractivity contribution is 8.18. The van der Waals surface area contributed by atoms with Crippen LogP contribution in [-0.2, 0) is 14.0 Å². The summed E-state index contributed by atoms with van der Waals surface area (Å²) in [5.74, 6) is 4.97. The van der Waals surface area contributed by atoms with Crippen LogP contribution < -0.4 is 0 Å². The van der Waals surface area contributed by atoms with E-state index < -0.39 is 14.4 Å². The Labute approximate surface area is 308 Å². The molecule has 2 saturated heterocycles. The van der Waals surface area contributed by atoms with Gasteiger partial charge in [-0.2, -0.15) is 0 Å². The molecule has 0 amide bonds. The number of rotatable bonds is 14. The number of thioether (sulfide) groups is 4. The van der Waals surface area contributed by atoms with Gasteiger partial charge in [0.15, 0.2) is 8.32 Å². The number of carbonyl (C=O) groups excluding carboxylic acids is 2. The molecule has 274 valence electrons. The van der Waals surface area contributed by atoms with Crippen molar-refractivity contribution in [1.29, 1.82) is 0 Å². The third-order valence-electron chi connectivity index (χ3n) is 10.2. The number of allylic oxidation sites excluding steroid dienone is 2. The van der Waals surface area contributed by atoms with E-state index >= 15 is 0 Å². The van der Waals surface area contributed by atoms with E-state index in [0.717, 1.165) is 11.5 Å². The number of ketones is 2. The summed E-state index contributed by atoms with van der Waals surface area (Å²) in [6.07, 6.45) is 9.99. The van der Waals surface area contributed by atoms with Gasteiger partial charge in [0.1, 0.15) is 11.6 Å². The SMILES string of the molecule is C/C=C/[C@H](C)[C@H](O)[C@@H](C)C(=O)C(C)(C)C1SCCCS1.C/C=C/[C@H](C)[C@H](O[Si](C)(C)C(C)(C)C)[C@@H](C)C(=O)C(C)(C)C1SCCCS1. The van der Waals surface area contributed by atoms with Crippen molar-refractivity contribution in [3.8, 4) is 0 Å². The molecule has 2 rings (SSSR count). The van der Waals surface area contributed by atoms with E-state index in [-0.39, 0.29) is 51.4 Å². The molecule has 2 aliphatic heterocycles. The van der Waals surface area contributed by atoms with Gasteiger partial charge in [0.05, 0.1) is 21.4 Å². The molecule has 0 radical (unpaired) electrons. The first kappa shape index (κ1) is 45.4. The topological polar surface area (TPSA) is 63.6 Å². The number of carbonyl (C=O) groups is 2. The highest BCUT2D eigenvalue weighted by atomic mass is 32.2. The molecular weight excluding hydrogens is 677 g/mol. The van der Waals surface area contributed by atoms with Gasteiger partial charge in [-0.05, 0) is 73.8 Å². The zero-order valence-electron chi connectivity index (χ0n) is 32.5. The van der Waals surface area contributed by atoms with Crippen molar-refractivity contribution in [2.75, 3.05) is 23.0 Å². The Bertz CT molecular complexity index is 1020. The molecule has 0 aromatic carbocycles. The smallest absolute Gasteiger partial charge is 0.192 e. The summed E-state index contributed by atoms with van der Waals surface area (Å²) >= 11 is 7.70. The number of aliphatic hydroxyl groups excluding tert-OH is 1. The summed E-state index contributed by atoms with van der Waals surface area (Å²) in [6, 6.07) is 0. The molecule has 9 heteroatoms. The van der Waals surface area contributed by atoms with E-state index in [0.29, 0.717) is 14.9 Å². The lowest BCUT2D eigenvalue weighted by Gasteiger charge is -2.44. The Morgan fingerprint density at radius 3 is 1.43 bits per heavy atom. The third kappa shape index (κ3) is 12.8. The van der Waals surface area contributed by atoms with Gasteiger partial charge in [-0.15, -0.1) is 47.0 Å². The maximum Gasteiger partial charge on any atom is 0.192 e. The highest BCUT2D eigenvalue weighted by Gasteiger charge is 2.47. The Morgan fingerprint density at radius 2 is 1.06 bits per heavy atom. The van der Waals surface area contributed by atoms with Crippen LogP contribution in [0.25, 0.3) is 0 Å². The summed E-state index contributed by atoms with van der Waals surface area (Å²) < 4.78 is 7.50. The Balaban J connectivity index is 0.000000491. The number of Topliss-reactive ketones (excluding diaryl/α,β-unsaturated/α-hetero) is 2. The largest absolute Gasteiger partial charge is 0.413 e. The Kier molecular flexibility index (Phi) is 19.1. The molecule has 6 atom stereocenters. The van der Waals surface area contributed by atoms with E-state index in [1.165, 1.54) is 24.3 Å². The second-order valence-corrected chi connectivity index (χ2v) is 26.4. The van der Waals surface area contributed by atoms with Crippen molar-refractivity contribution >= 4 is 66.9 Å². The molecular formula is C38H70O4S4Si. The van der Waals surface area contributed by atoms with Crippen molar-refractivity contribution in [3.63, 3.8) is 0 Å². The quantitative estimate of drug-likeness (QED) is 0.139. The molecule has 47 heavy (non-hydrogen) atoms. The van der Waals surface area contributed by atoms with Crippen LogP contribution in [0.3, 0.4) is 0 Å². The monoisotopic (exact) mass is 746 g/mol. The zero-order chi connectivity index (χ0) is 36.4. The van der Waals surface area contributed by atoms with Crippen molar-refractivity contribution in [1.82, 2.24) is 0 Å². The van der Waals surface area contributed by atoms with Crippen LogP contribution in [0.15, 0.2) is 24.3 Å². The number of hydrogen-bond acceptors (Lipinski definition) is 8. The maximum absolute atomic E-state index is 13.6. The van der Waals surface area contributed by atoms with Gasteiger partial charge in [0.25, 0.3) is 0 Å². The van der Waals surface area contributed by atoms with E-state index in [4.69, 9.17) is 4.43 Å². The van der Waals surface area contributed by atoms with E-state index in [9.17, 15) is 14.7 Å². The first-order chi connectivity index (χ1) is 21.6. The van der Waals surface area contributed by atoms with Gasteiger partial charge in [-0.3, -0.25) is 9.59 Å². The standard InChI is InChI=1S/C22H42O2S2Si.C16H28O2S2/c1-11-13-16(2)18(24-27(9,10)21(4,5)6)17(3)19(23)22(7,8)20-25-14-12-15-26-20;1-6-8-11(2)13(17)12(3)14(18)16(4,5)15-19-9-7-10-20-15/h11,13,16-18,20H,12,14-15H2,1-10H3;6,8,11-13,15,17H,7,9-10H2,1-5H3/b13-11+;8-6+/t16-,17+,18-;11-,12+,13-/m00/s1. The summed E-state index contributed by atoms with van der Waals surface area (Å²) in [5, 5.41) is 10.5. The van der Waals surface area contributed by atoms with Gasteiger partial charge < -0.3 is 9.53 Å². The number of aliphatic hydroxyl groups is 1. The number of hydrogen-bond donors (Lipinski definition) is 1. The lowest BCUT2D eigenvalue weighted by atomic mass is 9.78. The zero-order valence-corrected chi connectivity index (χ0v) is 36.7. The first-order valence-electron chi connectivity index (χ1n) is 17.7. The minimum Gasteiger partial charge on any atom is -0.413 e. The third-order valence-corrected chi connectivity index (χ3v) is 22.0. The predicted molar refractivity (Wildman–Crippen MR) is 219 cm³/mol. The second-order valence-electron chi connectivity index (χ2n) is 16.2. The predicted octanol–water partition coefficient (Wildman–Crippen LogP) is 11.0. The molecule has 2 fully saturated rings. The molecule has 0 aromatic rings. The molecule has 0 aromatic heterocycles. The average molecular weight is 747 g/mol. The van der Waals surface area contributed by atoms with Gasteiger partial charge in [-0.1, -0.05) is 100 Å².